The van der Waals surface area contributed by atoms with Crippen molar-refractivity contribution in [3.8, 4) is 0 Å². The van der Waals surface area contributed by atoms with E-state index in [1.54, 1.807) is 6.07 Å². The van der Waals surface area contributed by atoms with Crippen LogP contribution in [0.3, 0.4) is 0 Å². The third kappa shape index (κ3) is 2.54. The lowest BCUT2D eigenvalue weighted by Crippen LogP contribution is -2.70. The molecule has 1 aromatic carbocycles. The lowest BCUT2D eigenvalue weighted by atomic mass is 10.1. The largest absolute Gasteiger partial charge is 0.464 e. The zero-order chi connectivity index (χ0) is 19.3. The number of carbonyl (C=O) groups excluding carboxylic acids is 2. The second-order valence-electron chi connectivity index (χ2n) is 5.64. The summed E-state index contributed by atoms with van der Waals surface area (Å²) in [5.41, 5.74) is -0.588. The first-order valence-corrected chi connectivity index (χ1v) is 10.6. The van der Waals surface area contributed by atoms with Gasteiger partial charge in [0.2, 0.25) is 9.84 Å². The fourth-order valence-electron chi connectivity index (χ4n) is 2.97. The molecule has 0 saturated carbocycles. The molecule has 2 aliphatic heterocycles. The van der Waals surface area contributed by atoms with Gasteiger partial charge in [0.25, 0.3) is 5.91 Å². The average molecular weight is 401 g/mol. The van der Waals surface area contributed by atoms with Gasteiger partial charge in [-0.15, -0.1) is 0 Å². The van der Waals surface area contributed by atoms with Crippen LogP contribution in [0.25, 0.3) is 0 Å². The first kappa shape index (κ1) is 18.5. The Kier molecular flexibility index (Phi) is 4.41. The van der Waals surface area contributed by atoms with Gasteiger partial charge in [-0.2, -0.15) is 0 Å². The summed E-state index contributed by atoms with van der Waals surface area (Å²) >= 11 is 0. The summed E-state index contributed by atoms with van der Waals surface area (Å²) < 4.78 is 60.5. The van der Waals surface area contributed by atoms with Crippen molar-refractivity contribution in [2.24, 2.45) is 0 Å². The molecule has 2 atom stereocenters. The van der Waals surface area contributed by atoms with E-state index in [4.69, 9.17) is 4.74 Å². The second kappa shape index (κ2) is 6.18. The highest BCUT2D eigenvalue weighted by molar-refractivity contribution is 7.98. The molecule has 0 radical (unpaired) electrons. The molecule has 2 aliphatic rings. The lowest BCUT2D eigenvalue weighted by Gasteiger charge is -2.48. The van der Waals surface area contributed by atoms with E-state index in [1.807, 2.05) is 0 Å². The number of esters is 1. The fourth-order valence-corrected chi connectivity index (χ4v) is 7.12. The molecular formula is C15H15NO8S2. The second-order valence-corrected chi connectivity index (χ2v) is 9.71. The highest BCUT2D eigenvalue weighted by Crippen LogP contribution is 2.40. The molecule has 3 rings (SSSR count). The van der Waals surface area contributed by atoms with E-state index in [9.17, 15) is 26.4 Å². The van der Waals surface area contributed by atoms with Crippen molar-refractivity contribution >= 4 is 31.6 Å². The van der Waals surface area contributed by atoms with E-state index in [1.165, 1.54) is 24.3 Å². The molecule has 26 heavy (non-hydrogen) atoms. The van der Waals surface area contributed by atoms with Crippen molar-refractivity contribution < 1.29 is 35.9 Å². The number of amides is 1. The minimum absolute atomic E-state index is 0.193. The summed E-state index contributed by atoms with van der Waals surface area (Å²) in [6.07, 6.45) is -1.29. The van der Waals surface area contributed by atoms with E-state index < -0.39 is 59.4 Å². The van der Waals surface area contributed by atoms with Gasteiger partial charge in [0, 0.05) is 7.11 Å². The van der Waals surface area contributed by atoms with Crippen molar-refractivity contribution in [2.45, 2.75) is 16.4 Å². The van der Waals surface area contributed by atoms with Gasteiger partial charge >= 0.3 is 5.97 Å². The van der Waals surface area contributed by atoms with Gasteiger partial charge in [-0.25, -0.2) is 21.6 Å². The van der Waals surface area contributed by atoms with Crippen molar-refractivity contribution in [1.82, 2.24) is 4.90 Å². The highest BCUT2D eigenvalue weighted by Gasteiger charge is 2.62. The number of hydrogen-bond donors (Lipinski definition) is 0. The fraction of sp³-hybridized carbons (Fsp3) is 0.333. The Bertz CT molecular complexity index is 1010. The molecule has 1 aromatic rings. The number of benzene rings is 1. The molecule has 1 amide bonds. The van der Waals surface area contributed by atoms with Crippen LogP contribution >= 0.6 is 0 Å². The third-order valence-corrected chi connectivity index (χ3v) is 8.16. The molecule has 0 aliphatic carbocycles. The summed E-state index contributed by atoms with van der Waals surface area (Å²) in [4.78, 5) is 24.2. The summed E-state index contributed by atoms with van der Waals surface area (Å²) in [6, 6.07) is 7.05. The van der Waals surface area contributed by atoms with Crippen LogP contribution in [-0.2, 0) is 38.7 Å². The average Bonchev–Trinajstić information content (AvgIpc) is 2.61. The van der Waals surface area contributed by atoms with Crippen LogP contribution in [-0.4, -0.2) is 65.1 Å². The van der Waals surface area contributed by atoms with E-state index in [0.29, 0.717) is 4.90 Å². The Balaban J connectivity index is 2.27. The molecule has 2 heterocycles. The maximum absolute atomic E-state index is 12.9. The molecular weight excluding hydrogens is 386 g/mol. The Morgan fingerprint density at radius 2 is 1.81 bits per heavy atom. The van der Waals surface area contributed by atoms with Crippen LogP contribution in [0.4, 0.5) is 0 Å². The minimum atomic E-state index is -4.34. The van der Waals surface area contributed by atoms with Gasteiger partial charge < -0.3 is 9.47 Å². The van der Waals surface area contributed by atoms with Crippen LogP contribution < -0.4 is 0 Å². The van der Waals surface area contributed by atoms with Gasteiger partial charge in [-0.1, -0.05) is 18.2 Å². The first-order chi connectivity index (χ1) is 12.2. The quantitative estimate of drug-likeness (QED) is 0.487. The molecule has 1 saturated heterocycles. The van der Waals surface area contributed by atoms with E-state index >= 15 is 0 Å². The normalized spacial score (nSPS) is 24.7. The van der Waals surface area contributed by atoms with Gasteiger partial charge in [0.05, 0.1) is 22.7 Å². The summed E-state index contributed by atoms with van der Waals surface area (Å²) in [7, 11) is -6.27. The molecule has 0 N–H and O–H groups in total. The number of fused-ring (bicyclic) bond motifs is 1. The van der Waals surface area contributed by atoms with Gasteiger partial charge in [0.1, 0.15) is 5.70 Å². The molecule has 11 heteroatoms. The number of sulfone groups is 2. The predicted molar refractivity (Wildman–Crippen MR) is 87.9 cm³/mol. The maximum Gasteiger partial charge on any atom is 0.355 e. The predicted octanol–water partition coefficient (Wildman–Crippen LogP) is -0.543. The number of methoxy groups -OCH3 is 2. The lowest BCUT2D eigenvalue weighted by molar-refractivity contribution is -0.163. The minimum Gasteiger partial charge on any atom is -0.464 e. The van der Waals surface area contributed by atoms with Crippen LogP contribution in [0.1, 0.15) is 0 Å². The number of nitrogens with zero attached hydrogens (tertiary/aromatic N) is 1. The number of hydrogen-bond acceptors (Lipinski definition) is 8. The monoisotopic (exact) mass is 401 g/mol. The Hall–Kier alpha value is -2.24. The van der Waals surface area contributed by atoms with E-state index in [2.05, 4.69) is 4.74 Å². The zero-order valence-corrected chi connectivity index (χ0v) is 15.4. The molecule has 9 nitrogen and oxygen atoms in total. The molecule has 0 spiro atoms. The molecule has 1 fully saturated rings. The SMILES string of the molecule is COC(=O)C1=C(S(=O)(=O)c2ccccc2)CS(=O)(=O)C2C(OC)C(=O)N12. The summed E-state index contributed by atoms with van der Waals surface area (Å²) in [5, 5.41) is -1.45. The summed E-state index contributed by atoms with van der Waals surface area (Å²) in [6.45, 7) is 0. The first-order valence-electron chi connectivity index (χ1n) is 7.36. The maximum atomic E-state index is 12.9. The van der Waals surface area contributed by atoms with Gasteiger partial charge in [-0.05, 0) is 12.1 Å². The molecule has 2 unspecified atom stereocenters. The smallest absolute Gasteiger partial charge is 0.355 e. The van der Waals surface area contributed by atoms with Crippen LogP contribution in [0.2, 0.25) is 0 Å². The number of carbonyl (C=O) groups is 2. The molecule has 140 valence electrons. The van der Waals surface area contributed by atoms with Gasteiger partial charge in [-0.3, -0.25) is 9.69 Å². The van der Waals surface area contributed by atoms with E-state index in [-0.39, 0.29) is 4.90 Å². The summed E-state index contributed by atoms with van der Waals surface area (Å²) in [5.74, 6) is -2.85. The molecule has 0 aromatic heterocycles. The third-order valence-electron chi connectivity index (χ3n) is 4.21. The number of rotatable bonds is 4. The van der Waals surface area contributed by atoms with Gasteiger partial charge in [0.15, 0.2) is 21.3 Å². The van der Waals surface area contributed by atoms with Crippen molar-refractivity contribution in [3.05, 3.63) is 40.9 Å². The molecule has 0 bridgehead atoms. The standard InChI is InChI=1S/C15H15NO8S2/c1-23-12-13(17)16-11(15(18)24-2)10(8-25(19,20)14(12)16)26(21,22)9-6-4-3-5-7-9/h3-7,12,14H,8H2,1-2H3. The highest BCUT2D eigenvalue weighted by atomic mass is 32.2. The van der Waals surface area contributed by atoms with E-state index in [0.717, 1.165) is 14.2 Å². The number of ether oxygens (including phenoxy) is 2. The Labute approximate surface area is 150 Å². The van der Waals surface area contributed by atoms with Crippen molar-refractivity contribution in [3.63, 3.8) is 0 Å². The Morgan fingerprint density at radius 3 is 2.35 bits per heavy atom. The zero-order valence-electron chi connectivity index (χ0n) is 13.8. The van der Waals surface area contributed by atoms with Crippen LogP contribution in [0.15, 0.2) is 45.8 Å². The number of β-lactam (4-membered cyclic amide) rings is 1. The topological polar surface area (TPSA) is 124 Å². The van der Waals surface area contributed by atoms with Crippen molar-refractivity contribution in [1.29, 1.82) is 0 Å². The van der Waals surface area contributed by atoms with Crippen LogP contribution in [0.5, 0.6) is 0 Å². The Morgan fingerprint density at radius 1 is 1.19 bits per heavy atom. The van der Waals surface area contributed by atoms with Crippen molar-refractivity contribution in [2.75, 3.05) is 20.0 Å². The van der Waals surface area contributed by atoms with Crippen LogP contribution in [0, 0.1) is 0 Å².